The molecule has 0 aromatic carbocycles. The van der Waals surface area contributed by atoms with Crippen LogP contribution in [0.15, 0.2) is 11.3 Å². The van der Waals surface area contributed by atoms with Crippen molar-refractivity contribution >= 4 is 41.6 Å². The first-order chi connectivity index (χ1) is 17.1. The van der Waals surface area contributed by atoms with Gasteiger partial charge >= 0.3 is 18.0 Å². The Bertz CT molecular complexity index is 1180. The van der Waals surface area contributed by atoms with E-state index in [9.17, 15) is 29.1 Å². The molecule has 37 heavy (non-hydrogen) atoms. The smallest absolute Gasteiger partial charge is 0.408 e. The fourth-order valence-electron chi connectivity index (χ4n) is 4.12. The van der Waals surface area contributed by atoms with Gasteiger partial charge in [-0.25, -0.2) is 9.59 Å². The summed E-state index contributed by atoms with van der Waals surface area (Å²) in [5.41, 5.74) is 0.817. The van der Waals surface area contributed by atoms with Crippen LogP contribution in [-0.2, 0) is 35.7 Å². The summed E-state index contributed by atoms with van der Waals surface area (Å²) in [6.45, 7) is 9.45. The molecule has 3 atom stereocenters. The van der Waals surface area contributed by atoms with Gasteiger partial charge in [-0.2, -0.15) is 5.10 Å². The Morgan fingerprint density at radius 1 is 1.24 bits per heavy atom. The zero-order valence-corrected chi connectivity index (χ0v) is 22.5. The number of aliphatic carboxylic acids is 1. The number of hydrogen-bond acceptors (Lipinski definition) is 9. The normalized spacial score (nSPS) is 20.0. The summed E-state index contributed by atoms with van der Waals surface area (Å²) in [6, 6.07) is -2.24. The number of ether oxygens (including phenoxy) is 2. The van der Waals surface area contributed by atoms with E-state index in [4.69, 9.17) is 9.47 Å². The first-order valence-electron chi connectivity index (χ1n) is 11.5. The van der Waals surface area contributed by atoms with Crippen molar-refractivity contribution in [2.45, 2.75) is 64.6 Å². The third-order valence-corrected chi connectivity index (χ3v) is 7.11. The number of amides is 3. The van der Waals surface area contributed by atoms with Gasteiger partial charge in [0.15, 0.2) is 0 Å². The molecule has 2 aliphatic heterocycles. The Morgan fingerprint density at radius 2 is 1.89 bits per heavy atom. The lowest BCUT2D eigenvalue weighted by Gasteiger charge is -2.49. The number of carbonyl (C=O) groups is 5. The molecule has 14 heteroatoms. The molecule has 0 spiro atoms. The highest BCUT2D eigenvalue weighted by molar-refractivity contribution is 8.00. The van der Waals surface area contributed by atoms with Crippen molar-refractivity contribution in [1.82, 2.24) is 25.3 Å². The number of rotatable bonds is 7. The van der Waals surface area contributed by atoms with E-state index in [-0.39, 0.29) is 23.6 Å². The Labute approximate surface area is 217 Å². The molecule has 13 nitrogen and oxygen atoms in total. The first-order valence-corrected chi connectivity index (χ1v) is 12.5. The second-order valence-electron chi connectivity index (χ2n) is 9.72. The van der Waals surface area contributed by atoms with Crippen LogP contribution >= 0.6 is 11.8 Å². The molecular formula is C23H31N5O8S. The lowest BCUT2D eigenvalue weighted by atomic mass is 10.00. The fraction of sp³-hybridized carbons (Fsp3) is 0.565. The van der Waals surface area contributed by atoms with Crippen LogP contribution < -0.4 is 10.6 Å². The zero-order chi connectivity index (χ0) is 27.8. The van der Waals surface area contributed by atoms with Crippen molar-refractivity contribution in [2.75, 3.05) is 12.4 Å². The minimum atomic E-state index is -1.34. The molecule has 1 unspecified atom stereocenters. The van der Waals surface area contributed by atoms with Crippen molar-refractivity contribution in [3.8, 4) is 0 Å². The Kier molecular flexibility index (Phi) is 7.91. The summed E-state index contributed by atoms with van der Waals surface area (Å²) >= 11 is 1.24. The highest BCUT2D eigenvalue weighted by Crippen LogP contribution is 2.40. The predicted molar refractivity (Wildman–Crippen MR) is 131 cm³/mol. The summed E-state index contributed by atoms with van der Waals surface area (Å²) in [4.78, 5) is 63.2. The summed E-state index contributed by atoms with van der Waals surface area (Å²) in [5.74, 6) is -3.02. The van der Waals surface area contributed by atoms with Gasteiger partial charge in [0.1, 0.15) is 35.4 Å². The van der Waals surface area contributed by atoms with E-state index < -0.39 is 52.9 Å². The van der Waals surface area contributed by atoms with Gasteiger partial charge in [-0.1, -0.05) is 0 Å². The Balaban J connectivity index is 1.84. The van der Waals surface area contributed by atoms with Crippen molar-refractivity contribution in [3.63, 3.8) is 0 Å². The van der Waals surface area contributed by atoms with Gasteiger partial charge in [0, 0.05) is 36.6 Å². The number of hydrogen-bond donors (Lipinski definition) is 3. The summed E-state index contributed by atoms with van der Waals surface area (Å²) < 4.78 is 11.8. The van der Waals surface area contributed by atoms with Crippen LogP contribution in [0.25, 0.3) is 0 Å². The number of β-lactam (4-membered cyclic amide) rings is 1. The van der Waals surface area contributed by atoms with Crippen LogP contribution in [0.5, 0.6) is 0 Å². The van der Waals surface area contributed by atoms with Crippen LogP contribution in [0.1, 0.15) is 50.7 Å². The maximum Gasteiger partial charge on any atom is 0.408 e. The average molecular weight is 538 g/mol. The van der Waals surface area contributed by atoms with Crippen molar-refractivity contribution in [2.24, 2.45) is 7.05 Å². The maximum absolute atomic E-state index is 13.5. The SMILES string of the molecule is CC(=O)OCC1=C(C(=O)O)N2C(=O)[C@@H](NC(=O)C(NC(=O)OC(C)(C)C)c3c(C)nn(C)c3C)[C@H]2SC1. The van der Waals surface area contributed by atoms with E-state index in [1.54, 1.807) is 46.3 Å². The second-order valence-corrected chi connectivity index (χ2v) is 10.8. The average Bonchev–Trinajstić information content (AvgIpc) is 3.03. The van der Waals surface area contributed by atoms with Gasteiger partial charge in [-0.05, 0) is 34.6 Å². The van der Waals surface area contributed by atoms with Gasteiger partial charge in [-0.3, -0.25) is 24.0 Å². The van der Waals surface area contributed by atoms with Gasteiger partial charge in [0.05, 0.1) is 5.69 Å². The molecular weight excluding hydrogens is 506 g/mol. The van der Waals surface area contributed by atoms with E-state index in [1.165, 1.54) is 18.7 Å². The van der Waals surface area contributed by atoms with Crippen LogP contribution in [0.3, 0.4) is 0 Å². The van der Waals surface area contributed by atoms with Crippen LogP contribution in [0.2, 0.25) is 0 Å². The quantitative estimate of drug-likeness (QED) is 0.336. The van der Waals surface area contributed by atoms with E-state index in [0.29, 0.717) is 17.0 Å². The van der Waals surface area contributed by atoms with E-state index in [2.05, 4.69) is 15.7 Å². The molecule has 0 bridgehead atoms. The third kappa shape index (κ3) is 5.89. The van der Waals surface area contributed by atoms with Crippen molar-refractivity contribution in [3.05, 3.63) is 28.2 Å². The van der Waals surface area contributed by atoms with Crippen molar-refractivity contribution < 1.29 is 38.6 Å². The molecule has 202 valence electrons. The summed E-state index contributed by atoms with van der Waals surface area (Å²) in [7, 11) is 1.70. The molecule has 1 saturated heterocycles. The standard InChI is InChI=1S/C23H31N5O8S/c1-10-14(11(2)27(7)26-10)15(25-22(34)36-23(4,5)6)18(30)24-16-19(31)28-17(21(32)33)13(8-35-12(3)29)9-37-20(16)28/h15-16,20H,8-9H2,1-7H3,(H,24,30)(H,25,34)(H,32,33)/t15?,16-,20-/m1/s1. The van der Waals surface area contributed by atoms with E-state index in [0.717, 1.165) is 4.90 Å². The molecule has 0 radical (unpaired) electrons. The van der Waals surface area contributed by atoms with Crippen LogP contribution in [0, 0.1) is 13.8 Å². The molecule has 1 fully saturated rings. The maximum atomic E-state index is 13.5. The molecule has 2 aliphatic rings. The lowest BCUT2D eigenvalue weighted by molar-refractivity contribution is -0.151. The molecule has 3 rings (SSSR count). The van der Waals surface area contributed by atoms with E-state index in [1.807, 2.05) is 0 Å². The monoisotopic (exact) mass is 537 g/mol. The number of alkyl carbamates (subject to hydrolysis) is 1. The number of nitrogens with one attached hydrogen (secondary N) is 2. The second kappa shape index (κ2) is 10.4. The summed E-state index contributed by atoms with van der Waals surface area (Å²) in [6.07, 6.45) is -0.824. The number of fused-ring (bicyclic) bond motifs is 1. The molecule has 3 N–H and O–H groups in total. The Morgan fingerprint density at radius 3 is 2.41 bits per heavy atom. The van der Waals surface area contributed by atoms with Gasteiger partial charge in [0.25, 0.3) is 5.91 Å². The molecule has 1 aromatic rings. The molecule has 3 amide bonds. The number of nitrogens with zero attached hydrogens (tertiary/aromatic N) is 3. The molecule has 3 heterocycles. The third-order valence-electron chi connectivity index (χ3n) is 5.77. The number of esters is 1. The fourth-order valence-corrected chi connectivity index (χ4v) is 5.45. The van der Waals surface area contributed by atoms with E-state index >= 15 is 0 Å². The summed E-state index contributed by atoms with van der Waals surface area (Å²) in [5, 5.41) is 18.6. The van der Waals surface area contributed by atoms with Crippen molar-refractivity contribution in [1.29, 1.82) is 0 Å². The number of carbonyl (C=O) groups excluding carboxylic acids is 4. The zero-order valence-electron chi connectivity index (χ0n) is 21.7. The van der Waals surface area contributed by atoms with Gasteiger partial charge < -0.3 is 25.2 Å². The van der Waals surface area contributed by atoms with Crippen LogP contribution in [0.4, 0.5) is 4.79 Å². The number of thioether (sulfide) groups is 1. The number of aromatic nitrogens is 2. The Hall–Kier alpha value is -3.55. The topological polar surface area (TPSA) is 169 Å². The largest absolute Gasteiger partial charge is 0.477 e. The minimum Gasteiger partial charge on any atom is -0.477 e. The number of carboxylic acids is 1. The highest BCUT2D eigenvalue weighted by atomic mass is 32.2. The number of aryl methyl sites for hydroxylation is 2. The molecule has 0 aliphatic carbocycles. The van der Waals surface area contributed by atoms with Crippen LogP contribution in [-0.4, -0.2) is 79.0 Å². The molecule has 1 aromatic heterocycles. The van der Waals surface area contributed by atoms with Gasteiger partial charge in [0.2, 0.25) is 5.91 Å². The first kappa shape index (κ1) is 28.0. The predicted octanol–water partition coefficient (Wildman–Crippen LogP) is 0.904. The highest BCUT2D eigenvalue weighted by Gasteiger charge is 2.54. The molecule has 0 saturated carbocycles. The lowest BCUT2D eigenvalue weighted by Crippen LogP contribution is -2.71. The van der Waals surface area contributed by atoms with Gasteiger partial charge in [-0.15, -0.1) is 11.8 Å². The minimum absolute atomic E-state index is 0.191. The number of carboxylic acid groups (broad SMARTS) is 1.